The molecule has 4 rings (SSSR count). The van der Waals surface area contributed by atoms with E-state index in [1.165, 1.54) is 5.56 Å². The van der Waals surface area contributed by atoms with Crippen molar-refractivity contribution in [1.29, 1.82) is 0 Å². The lowest BCUT2D eigenvalue weighted by atomic mass is 10.0. The number of H-pyrrole nitrogens is 1. The van der Waals surface area contributed by atoms with Crippen LogP contribution in [0, 0.1) is 0 Å². The first-order valence-corrected chi connectivity index (χ1v) is 9.47. The van der Waals surface area contributed by atoms with E-state index in [1.807, 2.05) is 6.07 Å². The molecule has 1 aromatic carbocycles. The van der Waals surface area contributed by atoms with E-state index in [2.05, 4.69) is 46.0 Å². The molecule has 1 N–H and O–H groups in total. The Morgan fingerprint density at radius 2 is 2.12 bits per heavy atom. The summed E-state index contributed by atoms with van der Waals surface area (Å²) in [4.78, 5) is 24.5. The van der Waals surface area contributed by atoms with Crippen molar-refractivity contribution in [3.63, 3.8) is 0 Å². The highest BCUT2D eigenvalue weighted by Gasteiger charge is 2.28. The molecule has 2 aliphatic heterocycles. The second-order valence-electron chi connectivity index (χ2n) is 7.23. The highest BCUT2D eigenvalue weighted by Crippen LogP contribution is 2.26. The van der Waals surface area contributed by atoms with Crippen molar-refractivity contribution in [2.45, 2.75) is 38.3 Å². The first-order chi connectivity index (χ1) is 12.7. The number of rotatable bonds is 4. The third-order valence-electron chi connectivity index (χ3n) is 5.24. The standard InChI is InChI=1S/C20H26N4O2/c1-15-14-23(10-11-26-15)18-13-19(25)22-20(21-18)24-9-5-8-17(24)12-16-6-3-2-4-7-16/h2-4,6-7,13,15,17H,5,8-12,14H2,1H3,(H,21,22,25)/t15-,17?/m1/s1. The second-order valence-corrected chi connectivity index (χ2v) is 7.23. The van der Waals surface area contributed by atoms with Gasteiger partial charge in [-0.2, -0.15) is 4.98 Å². The summed E-state index contributed by atoms with van der Waals surface area (Å²) in [6.07, 6.45) is 3.38. The van der Waals surface area contributed by atoms with Crippen LogP contribution in [0.3, 0.4) is 0 Å². The molecule has 6 heteroatoms. The van der Waals surface area contributed by atoms with Gasteiger partial charge in [0, 0.05) is 31.7 Å². The molecule has 0 aliphatic carbocycles. The van der Waals surface area contributed by atoms with Gasteiger partial charge in [-0.3, -0.25) is 9.78 Å². The highest BCUT2D eigenvalue weighted by molar-refractivity contribution is 5.45. The fraction of sp³-hybridized carbons (Fsp3) is 0.500. The average Bonchev–Trinajstić information content (AvgIpc) is 3.10. The molecule has 0 spiro atoms. The lowest BCUT2D eigenvalue weighted by Gasteiger charge is -2.33. The quantitative estimate of drug-likeness (QED) is 0.912. The Balaban J connectivity index is 1.57. The zero-order chi connectivity index (χ0) is 17.9. The maximum absolute atomic E-state index is 12.3. The van der Waals surface area contributed by atoms with Gasteiger partial charge in [0.1, 0.15) is 5.82 Å². The molecule has 1 unspecified atom stereocenters. The molecule has 1 aromatic heterocycles. The molecule has 0 radical (unpaired) electrons. The summed E-state index contributed by atoms with van der Waals surface area (Å²) in [5.41, 5.74) is 1.24. The lowest BCUT2D eigenvalue weighted by molar-refractivity contribution is 0.0529. The molecule has 0 bridgehead atoms. The van der Waals surface area contributed by atoms with Gasteiger partial charge >= 0.3 is 0 Å². The zero-order valence-electron chi connectivity index (χ0n) is 15.2. The number of morpholine rings is 1. The molecule has 138 valence electrons. The number of nitrogens with one attached hydrogen (secondary N) is 1. The fourth-order valence-electron chi connectivity index (χ4n) is 3.97. The van der Waals surface area contributed by atoms with Crippen LogP contribution < -0.4 is 15.4 Å². The molecule has 2 fully saturated rings. The van der Waals surface area contributed by atoms with Crippen LogP contribution in [0.15, 0.2) is 41.2 Å². The van der Waals surface area contributed by atoms with Crippen molar-refractivity contribution in [3.8, 4) is 0 Å². The van der Waals surface area contributed by atoms with Gasteiger partial charge in [-0.15, -0.1) is 0 Å². The number of aromatic nitrogens is 2. The number of hydrogen-bond donors (Lipinski definition) is 1. The van der Waals surface area contributed by atoms with Crippen LogP contribution in [0.2, 0.25) is 0 Å². The van der Waals surface area contributed by atoms with Gasteiger partial charge in [0.05, 0.1) is 12.7 Å². The minimum Gasteiger partial charge on any atom is -0.375 e. The molecule has 2 atom stereocenters. The van der Waals surface area contributed by atoms with E-state index in [1.54, 1.807) is 6.07 Å². The van der Waals surface area contributed by atoms with Crippen molar-refractivity contribution >= 4 is 11.8 Å². The molecular weight excluding hydrogens is 328 g/mol. The number of ether oxygens (including phenoxy) is 1. The molecule has 0 saturated carbocycles. The Bertz CT molecular complexity index is 792. The molecule has 3 heterocycles. The Morgan fingerprint density at radius 3 is 2.92 bits per heavy atom. The van der Waals surface area contributed by atoms with Crippen molar-refractivity contribution in [2.75, 3.05) is 36.0 Å². The van der Waals surface area contributed by atoms with Crippen LogP contribution in [0.25, 0.3) is 0 Å². The van der Waals surface area contributed by atoms with Gasteiger partial charge in [0.25, 0.3) is 5.56 Å². The van der Waals surface area contributed by atoms with E-state index in [0.29, 0.717) is 18.6 Å². The zero-order valence-corrected chi connectivity index (χ0v) is 15.2. The third kappa shape index (κ3) is 3.75. The predicted molar refractivity (Wildman–Crippen MR) is 103 cm³/mol. The number of anilines is 2. The summed E-state index contributed by atoms with van der Waals surface area (Å²) < 4.78 is 5.61. The fourth-order valence-corrected chi connectivity index (χ4v) is 3.97. The van der Waals surface area contributed by atoms with Crippen LogP contribution in [-0.4, -0.2) is 48.4 Å². The van der Waals surface area contributed by atoms with E-state index < -0.39 is 0 Å². The molecule has 2 saturated heterocycles. The van der Waals surface area contributed by atoms with Crippen molar-refractivity contribution in [1.82, 2.24) is 9.97 Å². The van der Waals surface area contributed by atoms with E-state index in [9.17, 15) is 4.79 Å². The lowest BCUT2D eigenvalue weighted by Crippen LogP contribution is -2.42. The highest BCUT2D eigenvalue weighted by atomic mass is 16.5. The largest absolute Gasteiger partial charge is 0.375 e. The minimum atomic E-state index is -0.0884. The summed E-state index contributed by atoms with van der Waals surface area (Å²) in [5, 5.41) is 0. The number of nitrogens with zero attached hydrogens (tertiary/aromatic N) is 3. The van der Waals surface area contributed by atoms with Gasteiger partial charge in [0.15, 0.2) is 0 Å². The summed E-state index contributed by atoms with van der Waals surface area (Å²) in [6, 6.07) is 12.5. The number of hydrogen-bond acceptors (Lipinski definition) is 5. The Labute approximate surface area is 153 Å². The maximum Gasteiger partial charge on any atom is 0.254 e. The average molecular weight is 354 g/mol. The molecule has 26 heavy (non-hydrogen) atoms. The van der Waals surface area contributed by atoms with Gasteiger partial charge < -0.3 is 14.5 Å². The van der Waals surface area contributed by atoms with Crippen LogP contribution >= 0.6 is 0 Å². The van der Waals surface area contributed by atoms with Crippen LogP contribution in [-0.2, 0) is 11.2 Å². The second kappa shape index (κ2) is 7.50. The van der Waals surface area contributed by atoms with E-state index in [0.717, 1.165) is 44.7 Å². The first-order valence-electron chi connectivity index (χ1n) is 9.47. The molecule has 2 aliphatic rings. The van der Waals surface area contributed by atoms with E-state index in [-0.39, 0.29) is 11.7 Å². The Kier molecular flexibility index (Phi) is 4.93. The molecular formula is C20H26N4O2. The maximum atomic E-state index is 12.3. The summed E-state index contributed by atoms with van der Waals surface area (Å²) in [6.45, 7) is 5.20. The van der Waals surface area contributed by atoms with Crippen LogP contribution in [0.1, 0.15) is 25.3 Å². The Morgan fingerprint density at radius 1 is 1.27 bits per heavy atom. The van der Waals surface area contributed by atoms with Gasteiger partial charge in [0.2, 0.25) is 5.95 Å². The summed E-state index contributed by atoms with van der Waals surface area (Å²) in [7, 11) is 0. The third-order valence-corrected chi connectivity index (χ3v) is 5.24. The van der Waals surface area contributed by atoms with E-state index >= 15 is 0 Å². The van der Waals surface area contributed by atoms with Crippen LogP contribution in [0.5, 0.6) is 0 Å². The van der Waals surface area contributed by atoms with Crippen molar-refractivity contribution in [3.05, 3.63) is 52.3 Å². The van der Waals surface area contributed by atoms with Gasteiger partial charge in [-0.25, -0.2) is 0 Å². The molecule has 6 nitrogen and oxygen atoms in total. The smallest absolute Gasteiger partial charge is 0.254 e. The number of benzene rings is 1. The predicted octanol–water partition coefficient (Wildman–Crippen LogP) is 2.21. The first kappa shape index (κ1) is 17.1. The topological polar surface area (TPSA) is 61.5 Å². The molecule has 0 amide bonds. The summed E-state index contributed by atoms with van der Waals surface area (Å²) >= 11 is 0. The van der Waals surface area contributed by atoms with E-state index in [4.69, 9.17) is 9.72 Å². The van der Waals surface area contributed by atoms with Gasteiger partial charge in [-0.1, -0.05) is 30.3 Å². The van der Waals surface area contributed by atoms with Crippen molar-refractivity contribution in [2.24, 2.45) is 0 Å². The normalized spacial score (nSPS) is 23.4. The van der Waals surface area contributed by atoms with Crippen LogP contribution in [0.4, 0.5) is 11.8 Å². The van der Waals surface area contributed by atoms with Gasteiger partial charge in [-0.05, 0) is 31.7 Å². The monoisotopic (exact) mass is 354 g/mol. The molecule has 2 aromatic rings. The number of aromatic amines is 1. The SMILES string of the molecule is C[C@@H]1CN(c2cc(=O)[nH]c(N3CCCC3Cc3ccccc3)n2)CCO1. The summed E-state index contributed by atoms with van der Waals surface area (Å²) in [5.74, 6) is 1.45. The van der Waals surface area contributed by atoms with Crippen molar-refractivity contribution < 1.29 is 4.74 Å². The Hall–Kier alpha value is -2.34. The minimum absolute atomic E-state index is 0.0884.